The van der Waals surface area contributed by atoms with E-state index >= 15 is 0 Å². The summed E-state index contributed by atoms with van der Waals surface area (Å²) in [5.74, 6) is 0.676. The normalized spacial score (nSPS) is 52.9. The molecule has 2 aliphatic rings. The van der Waals surface area contributed by atoms with Crippen molar-refractivity contribution in [3.05, 3.63) is 0 Å². The van der Waals surface area contributed by atoms with Crippen LogP contribution in [0.2, 0.25) is 0 Å². The monoisotopic (exact) mass is 114 g/mol. The molecule has 2 fully saturated rings. The Morgan fingerprint density at radius 3 is 2.50 bits per heavy atom. The molecule has 2 rings (SSSR count). The summed E-state index contributed by atoms with van der Waals surface area (Å²) >= 11 is 0. The predicted molar refractivity (Wildman–Crippen MR) is 28.5 cm³/mol. The summed E-state index contributed by atoms with van der Waals surface area (Å²) in [6.07, 6.45) is 2.12. The summed E-state index contributed by atoms with van der Waals surface area (Å²) in [5.41, 5.74) is 0. The van der Waals surface area contributed by atoms with Crippen LogP contribution in [0, 0.1) is 5.92 Å². The Morgan fingerprint density at radius 2 is 2.25 bits per heavy atom. The van der Waals surface area contributed by atoms with Gasteiger partial charge in [0.2, 0.25) is 0 Å². The van der Waals surface area contributed by atoms with Crippen LogP contribution >= 0.6 is 0 Å². The molecule has 0 aromatic heterocycles. The van der Waals surface area contributed by atoms with E-state index in [1.165, 1.54) is 0 Å². The average molecular weight is 114 g/mol. The minimum atomic E-state index is -0.145. The van der Waals surface area contributed by atoms with Crippen LogP contribution in [0.15, 0.2) is 0 Å². The zero-order chi connectivity index (χ0) is 5.56. The van der Waals surface area contributed by atoms with E-state index in [0.717, 1.165) is 19.4 Å². The van der Waals surface area contributed by atoms with Gasteiger partial charge in [-0.3, -0.25) is 0 Å². The molecule has 0 aromatic carbocycles. The van der Waals surface area contributed by atoms with Crippen LogP contribution in [0.25, 0.3) is 0 Å². The highest BCUT2D eigenvalue weighted by Crippen LogP contribution is 2.34. The third kappa shape index (κ3) is 0.501. The van der Waals surface area contributed by atoms with Crippen molar-refractivity contribution in [2.45, 2.75) is 25.0 Å². The zero-order valence-electron chi connectivity index (χ0n) is 4.71. The summed E-state index contributed by atoms with van der Waals surface area (Å²) in [6, 6.07) is 0. The molecule has 0 radical (unpaired) electrons. The van der Waals surface area contributed by atoms with Crippen LogP contribution in [0.4, 0.5) is 0 Å². The molecule has 2 bridgehead atoms. The standard InChI is InChI=1S/C6H10O2/c7-5-1-4-2-6(5)8-3-4/h4-7H,1-3H2. The lowest BCUT2D eigenvalue weighted by atomic mass is 10.1. The fraction of sp³-hybridized carbons (Fsp3) is 1.00. The summed E-state index contributed by atoms with van der Waals surface area (Å²) in [4.78, 5) is 0. The first-order chi connectivity index (χ1) is 3.86. The molecule has 0 spiro atoms. The van der Waals surface area contributed by atoms with Gasteiger partial charge in [-0.2, -0.15) is 0 Å². The first-order valence-corrected chi connectivity index (χ1v) is 3.16. The Balaban J connectivity index is 2.11. The fourth-order valence-electron chi connectivity index (χ4n) is 1.65. The van der Waals surface area contributed by atoms with Gasteiger partial charge in [-0.05, 0) is 18.8 Å². The SMILES string of the molecule is OC1CC2COC1C2. The van der Waals surface area contributed by atoms with E-state index in [9.17, 15) is 0 Å². The molecular weight excluding hydrogens is 104 g/mol. The zero-order valence-corrected chi connectivity index (χ0v) is 4.71. The summed E-state index contributed by atoms with van der Waals surface area (Å²) in [6.45, 7) is 0.891. The Morgan fingerprint density at radius 1 is 1.38 bits per heavy atom. The molecule has 8 heavy (non-hydrogen) atoms. The molecule has 3 unspecified atom stereocenters. The first-order valence-electron chi connectivity index (χ1n) is 3.16. The van der Waals surface area contributed by atoms with Crippen molar-refractivity contribution in [2.24, 2.45) is 5.92 Å². The van der Waals surface area contributed by atoms with Gasteiger partial charge in [0.25, 0.3) is 0 Å². The van der Waals surface area contributed by atoms with Gasteiger partial charge in [-0.25, -0.2) is 0 Å². The summed E-state index contributed by atoms with van der Waals surface area (Å²) < 4.78 is 5.21. The van der Waals surface area contributed by atoms with Crippen LogP contribution in [-0.2, 0) is 4.74 Å². The van der Waals surface area contributed by atoms with Crippen LogP contribution in [0.1, 0.15) is 12.8 Å². The highest BCUT2D eigenvalue weighted by molar-refractivity contribution is 4.88. The van der Waals surface area contributed by atoms with Crippen molar-refractivity contribution in [1.82, 2.24) is 0 Å². The molecule has 1 N–H and O–H groups in total. The second-order valence-corrected chi connectivity index (χ2v) is 2.78. The minimum Gasteiger partial charge on any atom is -0.390 e. The predicted octanol–water partition coefficient (Wildman–Crippen LogP) is 0.156. The van der Waals surface area contributed by atoms with Crippen molar-refractivity contribution >= 4 is 0 Å². The van der Waals surface area contributed by atoms with Crippen LogP contribution in [0.3, 0.4) is 0 Å². The molecule has 1 aliphatic heterocycles. The molecule has 0 aromatic rings. The van der Waals surface area contributed by atoms with E-state index in [2.05, 4.69) is 0 Å². The van der Waals surface area contributed by atoms with Gasteiger partial charge in [0.05, 0.1) is 18.8 Å². The van der Waals surface area contributed by atoms with E-state index in [1.54, 1.807) is 0 Å². The molecular formula is C6H10O2. The molecule has 1 heterocycles. The van der Waals surface area contributed by atoms with Crippen LogP contribution < -0.4 is 0 Å². The summed E-state index contributed by atoms with van der Waals surface area (Å²) in [7, 11) is 0. The number of aliphatic hydroxyl groups excluding tert-OH is 1. The third-order valence-electron chi connectivity index (χ3n) is 2.12. The lowest BCUT2D eigenvalue weighted by molar-refractivity contribution is -0.0233. The maximum atomic E-state index is 9.09. The molecule has 1 saturated carbocycles. The molecule has 3 atom stereocenters. The lowest BCUT2D eigenvalue weighted by Gasteiger charge is -2.15. The average Bonchev–Trinajstić information content (AvgIpc) is 2.23. The van der Waals surface area contributed by atoms with Crippen molar-refractivity contribution in [3.63, 3.8) is 0 Å². The molecule has 2 heteroatoms. The van der Waals surface area contributed by atoms with E-state index in [1.807, 2.05) is 0 Å². The van der Waals surface area contributed by atoms with Crippen molar-refractivity contribution < 1.29 is 9.84 Å². The fourth-order valence-corrected chi connectivity index (χ4v) is 1.65. The Labute approximate surface area is 48.5 Å². The van der Waals surface area contributed by atoms with Gasteiger partial charge in [0.1, 0.15) is 0 Å². The lowest BCUT2D eigenvalue weighted by Crippen LogP contribution is -2.24. The maximum Gasteiger partial charge on any atom is 0.0837 e. The number of ether oxygens (including phenoxy) is 1. The molecule has 1 aliphatic carbocycles. The van der Waals surface area contributed by atoms with E-state index in [-0.39, 0.29) is 12.2 Å². The highest BCUT2D eigenvalue weighted by atomic mass is 16.5. The van der Waals surface area contributed by atoms with E-state index < -0.39 is 0 Å². The van der Waals surface area contributed by atoms with E-state index in [0.29, 0.717) is 5.92 Å². The van der Waals surface area contributed by atoms with Crippen molar-refractivity contribution in [1.29, 1.82) is 0 Å². The van der Waals surface area contributed by atoms with Crippen molar-refractivity contribution in [2.75, 3.05) is 6.61 Å². The Kier molecular flexibility index (Phi) is 0.866. The smallest absolute Gasteiger partial charge is 0.0837 e. The Hall–Kier alpha value is -0.0800. The number of hydrogen-bond donors (Lipinski definition) is 1. The van der Waals surface area contributed by atoms with Gasteiger partial charge in [-0.1, -0.05) is 0 Å². The van der Waals surface area contributed by atoms with Gasteiger partial charge in [0.15, 0.2) is 0 Å². The van der Waals surface area contributed by atoms with Crippen LogP contribution in [-0.4, -0.2) is 23.9 Å². The molecule has 46 valence electrons. The maximum absolute atomic E-state index is 9.09. The largest absolute Gasteiger partial charge is 0.390 e. The molecule has 2 nitrogen and oxygen atoms in total. The number of hydrogen-bond acceptors (Lipinski definition) is 2. The van der Waals surface area contributed by atoms with Gasteiger partial charge in [0, 0.05) is 0 Å². The minimum absolute atomic E-state index is 0.145. The number of rotatable bonds is 0. The van der Waals surface area contributed by atoms with Gasteiger partial charge >= 0.3 is 0 Å². The van der Waals surface area contributed by atoms with E-state index in [4.69, 9.17) is 9.84 Å². The first kappa shape index (κ1) is 4.77. The number of aliphatic hydroxyl groups is 1. The molecule has 1 saturated heterocycles. The third-order valence-corrected chi connectivity index (χ3v) is 2.12. The second kappa shape index (κ2) is 1.45. The Bertz CT molecular complexity index is 101. The highest BCUT2D eigenvalue weighted by Gasteiger charge is 2.39. The summed E-state index contributed by atoms with van der Waals surface area (Å²) in [5, 5.41) is 9.09. The van der Waals surface area contributed by atoms with Gasteiger partial charge < -0.3 is 9.84 Å². The van der Waals surface area contributed by atoms with Crippen molar-refractivity contribution in [3.8, 4) is 0 Å². The number of fused-ring (bicyclic) bond motifs is 2. The quantitative estimate of drug-likeness (QED) is 0.486. The van der Waals surface area contributed by atoms with Gasteiger partial charge in [-0.15, -0.1) is 0 Å². The topological polar surface area (TPSA) is 29.5 Å². The van der Waals surface area contributed by atoms with Crippen LogP contribution in [0.5, 0.6) is 0 Å². The second-order valence-electron chi connectivity index (χ2n) is 2.78. The molecule has 0 amide bonds.